The second-order valence-electron chi connectivity index (χ2n) is 8.19. The van der Waals surface area contributed by atoms with E-state index in [1.807, 2.05) is 0 Å². The molecule has 1 fully saturated rings. The van der Waals surface area contributed by atoms with Crippen LogP contribution in [0.4, 0.5) is 0 Å². The van der Waals surface area contributed by atoms with Crippen molar-refractivity contribution in [1.82, 2.24) is 0 Å². The molecular weight excluding hydrogens is 447 g/mol. The van der Waals surface area contributed by atoms with E-state index in [9.17, 15) is 14.4 Å². The number of hydrogen-bond acceptors (Lipinski definition) is 7. The first kappa shape index (κ1) is 24.2. The van der Waals surface area contributed by atoms with Gasteiger partial charge in [0.1, 0.15) is 20.6 Å². The van der Waals surface area contributed by atoms with Gasteiger partial charge < -0.3 is 18.9 Å². The van der Waals surface area contributed by atoms with Crippen LogP contribution in [0.15, 0.2) is 91.0 Å². The van der Waals surface area contributed by atoms with Crippen LogP contribution < -0.4 is 0 Å². The molecule has 35 heavy (non-hydrogen) atoms. The van der Waals surface area contributed by atoms with Gasteiger partial charge >= 0.3 is 17.9 Å². The van der Waals surface area contributed by atoms with Crippen molar-refractivity contribution in [3.63, 3.8) is 0 Å². The molecule has 7 nitrogen and oxygen atoms in total. The van der Waals surface area contributed by atoms with Crippen molar-refractivity contribution < 1.29 is 33.3 Å². The van der Waals surface area contributed by atoms with Gasteiger partial charge in [0.25, 0.3) is 0 Å². The zero-order valence-electron chi connectivity index (χ0n) is 19.0. The number of carbonyl (C=O) groups is 3. The molecule has 3 aromatic carbocycles. The van der Waals surface area contributed by atoms with E-state index in [1.165, 1.54) is 6.92 Å². The molecule has 0 unspecified atom stereocenters. The second kappa shape index (κ2) is 10.6. The highest BCUT2D eigenvalue weighted by Crippen LogP contribution is 2.37. The summed E-state index contributed by atoms with van der Waals surface area (Å²) < 4.78 is 22.7. The fraction of sp³-hybridized carbons (Fsp3) is 0.222. The lowest BCUT2D eigenvalue weighted by Gasteiger charge is -2.33. The molecule has 1 heterocycles. The largest absolute Gasteiger partial charge is 0.459 e. The summed E-state index contributed by atoms with van der Waals surface area (Å²) in [5, 5.41) is 0. The van der Waals surface area contributed by atoms with Gasteiger partial charge in [-0.1, -0.05) is 54.6 Å². The van der Waals surface area contributed by atoms with Gasteiger partial charge in [-0.25, -0.2) is 14.4 Å². The van der Waals surface area contributed by atoms with Crippen LogP contribution in [0, 0.1) is 0 Å². The zero-order chi connectivity index (χ0) is 24.8. The Morgan fingerprint density at radius 1 is 0.771 bits per heavy atom. The zero-order valence-corrected chi connectivity index (χ0v) is 19.0. The molecule has 176 valence electrons. The Labute approximate surface area is 204 Å². The van der Waals surface area contributed by atoms with Crippen LogP contribution in [0.5, 0.6) is 0 Å². The predicted molar refractivity (Wildman–Crippen MR) is 127 cm³/mol. The van der Waals surface area contributed by atoms with Crippen LogP contribution in [0.2, 0.25) is 0 Å². The van der Waals surface area contributed by atoms with Gasteiger partial charge in [0, 0.05) is 0 Å². The summed E-state index contributed by atoms with van der Waals surface area (Å²) in [6, 6.07) is 24.0. The number of esters is 3. The minimum absolute atomic E-state index is 0.271. The maximum absolute atomic E-state index is 12.9. The van der Waals surface area contributed by atoms with Crippen LogP contribution in [-0.2, 0) is 18.9 Å². The van der Waals surface area contributed by atoms with Gasteiger partial charge in [-0.2, -0.15) is 0 Å². The third-order valence-electron chi connectivity index (χ3n) is 5.74. The van der Waals surface area contributed by atoms with Gasteiger partial charge in [-0.3, -0.25) is 0 Å². The molecule has 0 aliphatic carbocycles. The molecular formula is C27H23BO7. The first-order valence-electron chi connectivity index (χ1n) is 11.1. The number of rotatable bonds is 7. The summed E-state index contributed by atoms with van der Waals surface area (Å²) in [5.74, 6) is -1.89. The van der Waals surface area contributed by atoms with Crippen molar-refractivity contribution in [2.24, 2.45) is 0 Å². The van der Waals surface area contributed by atoms with E-state index in [0.717, 1.165) is 0 Å². The summed E-state index contributed by atoms with van der Waals surface area (Å²) in [6.07, 6.45) is -2.12. The van der Waals surface area contributed by atoms with E-state index in [-0.39, 0.29) is 6.61 Å². The van der Waals surface area contributed by atoms with E-state index in [0.29, 0.717) is 16.7 Å². The Kier molecular flexibility index (Phi) is 7.32. The molecule has 8 heteroatoms. The number of hydrogen-bond donors (Lipinski definition) is 0. The van der Waals surface area contributed by atoms with Crippen molar-refractivity contribution in [3.05, 3.63) is 108 Å². The lowest BCUT2D eigenvalue weighted by atomic mass is 9.81. The van der Waals surface area contributed by atoms with Crippen molar-refractivity contribution in [2.75, 3.05) is 6.61 Å². The monoisotopic (exact) mass is 470 g/mol. The van der Waals surface area contributed by atoms with Crippen molar-refractivity contribution in [2.45, 2.75) is 30.7 Å². The van der Waals surface area contributed by atoms with Crippen LogP contribution >= 0.6 is 0 Å². The maximum Gasteiger partial charge on any atom is 0.338 e. The number of benzene rings is 3. The minimum Gasteiger partial charge on any atom is -0.459 e. The molecule has 2 radical (unpaired) electrons. The number of carbonyl (C=O) groups excluding carboxylic acids is 3. The average Bonchev–Trinajstić information content (AvgIpc) is 3.12. The summed E-state index contributed by atoms with van der Waals surface area (Å²) in [5.41, 5.74) is -0.607. The van der Waals surface area contributed by atoms with Gasteiger partial charge in [-0.15, -0.1) is 0 Å². The molecule has 1 aliphatic heterocycles. The van der Waals surface area contributed by atoms with Crippen molar-refractivity contribution >= 4 is 25.8 Å². The molecule has 0 N–H and O–H groups in total. The van der Waals surface area contributed by atoms with E-state index in [2.05, 4.69) is 0 Å². The Morgan fingerprint density at radius 2 is 1.23 bits per heavy atom. The molecule has 1 saturated heterocycles. The third-order valence-corrected chi connectivity index (χ3v) is 5.74. The molecule has 1 aliphatic rings. The van der Waals surface area contributed by atoms with E-state index >= 15 is 0 Å². The first-order chi connectivity index (χ1) is 16.9. The van der Waals surface area contributed by atoms with E-state index in [1.54, 1.807) is 91.0 Å². The molecule has 0 amide bonds. The van der Waals surface area contributed by atoms with Gasteiger partial charge in [0.2, 0.25) is 0 Å². The van der Waals surface area contributed by atoms with Crippen LogP contribution in [0.3, 0.4) is 0 Å². The minimum atomic E-state index is -1.55. The predicted octanol–water partition coefficient (Wildman–Crippen LogP) is 3.58. The topological polar surface area (TPSA) is 88.1 Å². The summed E-state index contributed by atoms with van der Waals surface area (Å²) in [7, 11) is 6.22. The Hall–Kier alpha value is -3.91. The fourth-order valence-corrected chi connectivity index (χ4v) is 3.77. The molecule has 4 atom stereocenters. The Morgan fingerprint density at radius 3 is 1.74 bits per heavy atom. The van der Waals surface area contributed by atoms with Crippen LogP contribution in [-0.4, -0.2) is 56.2 Å². The average molecular weight is 470 g/mol. The van der Waals surface area contributed by atoms with Crippen molar-refractivity contribution in [3.8, 4) is 0 Å². The van der Waals surface area contributed by atoms with Gasteiger partial charge in [0.05, 0.1) is 22.7 Å². The fourth-order valence-electron chi connectivity index (χ4n) is 3.77. The smallest absolute Gasteiger partial charge is 0.338 e. The highest BCUT2D eigenvalue weighted by molar-refractivity contribution is 6.12. The Bertz CT molecular complexity index is 1170. The van der Waals surface area contributed by atoms with Crippen LogP contribution in [0.25, 0.3) is 0 Å². The lowest BCUT2D eigenvalue weighted by molar-refractivity contribution is -0.0783. The van der Waals surface area contributed by atoms with E-state index < -0.39 is 41.7 Å². The molecule has 3 aromatic rings. The molecule has 0 bridgehead atoms. The van der Waals surface area contributed by atoms with Gasteiger partial charge in [-0.05, 0) is 43.3 Å². The number of ether oxygens (including phenoxy) is 4. The summed E-state index contributed by atoms with van der Waals surface area (Å²) in [4.78, 5) is 38.2. The second-order valence-corrected chi connectivity index (χ2v) is 8.19. The van der Waals surface area contributed by atoms with Crippen molar-refractivity contribution in [1.29, 1.82) is 0 Å². The molecule has 0 saturated carbocycles. The normalized spacial score (nSPS) is 23.3. The van der Waals surface area contributed by atoms with Crippen LogP contribution in [0.1, 0.15) is 38.0 Å². The van der Waals surface area contributed by atoms with E-state index in [4.69, 9.17) is 26.8 Å². The SMILES string of the molecule is [B][C@@H]1O[C@H](COC(=O)c2ccccc2)[C@@H](OC(=O)c2ccccc2)[C@@]1(C)OC(=O)c1ccccc1. The summed E-state index contributed by atoms with van der Waals surface area (Å²) >= 11 is 0. The maximum atomic E-state index is 12.9. The molecule has 4 rings (SSSR count). The summed E-state index contributed by atoms with van der Waals surface area (Å²) in [6.45, 7) is 1.26. The third kappa shape index (κ3) is 5.44. The lowest BCUT2D eigenvalue weighted by Crippen LogP contribution is -2.52. The molecule has 0 aromatic heterocycles. The first-order valence-corrected chi connectivity index (χ1v) is 11.1. The highest BCUT2D eigenvalue weighted by Gasteiger charge is 2.57. The Balaban J connectivity index is 1.56. The quantitative estimate of drug-likeness (QED) is 0.296. The van der Waals surface area contributed by atoms with Gasteiger partial charge in [0.15, 0.2) is 11.7 Å². The molecule has 0 spiro atoms. The standard InChI is InChI=1S/C27H23BO7/c1-27(35-25(31)20-15-9-4-10-16-20)22(34-24(30)19-13-7-3-8-14-19)21(33-26(27)28)17-32-23(29)18-11-5-2-6-12-18/h2-16,21-22,26H,17H2,1H3/t21-,22-,26-,27-/m1/s1. The highest BCUT2D eigenvalue weighted by atomic mass is 16.7.